The lowest BCUT2D eigenvalue weighted by molar-refractivity contribution is -0.147. The first-order valence-electron chi connectivity index (χ1n) is 6.18. The molecule has 2 unspecified atom stereocenters. The molecule has 0 bridgehead atoms. The van der Waals surface area contributed by atoms with Crippen molar-refractivity contribution in [1.29, 1.82) is 0 Å². The first-order chi connectivity index (χ1) is 7.61. The summed E-state index contributed by atoms with van der Waals surface area (Å²) in [4.78, 5) is 25.3. The quantitative estimate of drug-likeness (QED) is 0.701. The standard InChI is InChI=1S/C12H17NO3/c14-10-8-3-1-4-9(8)11(15)13(10)7-12(16)5-2-6-12/h8-9,16H,1-7H2. The molecule has 1 saturated heterocycles. The number of aliphatic hydroxyl groups is 1. The molecule has 3 rings (SSSR count). The molecule has 1 N–H and O–H groups in total. The van der Waals surface area contributed by atoms with E-state index in [0.29, 0.717) is 0 Å². The number of carbonyl (C=O) groups is 2. The van der Waals surface area contributed by atoms with Crippen LogP contribution in [0.3, 0.4) is 0 Å². The van der Waals surface area contributed by atoms with Crippen molar-refractivity contribution in [3.8, 4) is 0 Å². The van der Waals surface area contributed by atoms with Crippen molar-refractivity contribution >= 4 is 11.8 Å². The fraction of sp³-hybridized carbons (Fsp3) is 0.833. The number of imide groups is 1. The van der Waals surface area contributed by atoms with Crippen LogP contribution in [0.5, 0.6) is 0 Å². The van der Waals surface area contributed by atoms with Crippen LogP contribution in [0.4, 0.5) is 0 Å². The molecule has 3 aliphatic rings. The van der Waals surface area contributed by atoms with Gasteiger partial charge in [-0.3, -0.25) is 14.5 Å². The zero-order chi connectivity index (χ0) is 11.3. The number of carbonyl (C=O) groups excluding carboxylic acids is 2. The molecule has 16 heavy (non-hydrogen) atoms. The van der Waals surface area contributed by atoms with Gasteiger partial charge in [-0.05, 0) is 32.1 Å². The zero-order valence-electron chi connectivity index (χ0n) is 9.32. The van der Waals surface area contributed by atoms with Crippen LogP contribution in [0.2, 0.25) is 0 Å². The second-order valence-electron chi connectivity index (χ2n) is 5.48. The van der Waals surface area contributed by atoms with Crippen LogP contribution in [0.25, 0.3) is 0 Å². The van der Waals surface area contributed by atoms with E-state index in [-0.39, 0.29) is 30.2 Å². The van der Waals surface area contributed by atoms with E-state index in [1.165, 1.54) is 4.90 Å². The van der Waals surface area contributed by atoms with Gasteiger partial charge in [-0.1, -0.05) is 6.42 Å². The topological polar surface area (TPSA) is 57.6 Å². The summed E-state index contributed by atoms with van der Waals surface area (Å²) in [7, 11) is 0. The summed E-state index contributed by atoms with van der Waals surface area (Å²) in [6.45, 7) is 0.234. The summed E-state index contributed by atoms with van der Waals surface area (Å²) < 4.78 is 0. The molecule has 0 aromatic rings. The molecule has 88 valence electrons. The van der Waals surface area contributed by atoms with Crippen LogP contribution >= 0.6 is 0 Å². The van der Waals surface area contributed by atoms with Gasteiger partial charge in [0.05, 0.1) is 24.0 Å². The minimum absolute atomic E-state index is 0.0344. The van der Waals surface area contributed by atoms with Crippen LogP contribution < -0.4 is 0 Å². The number of fused-ring (bicyclic) bond motifs is 1. The highest BCUT2D eigenvalue weighted by Crippen LogP contribution is 2.42. The number of amides is 2. The third-order valence-electron chi connectivity index (χ3n) is 4.42. The number of nitrogens with zero attached hydrogens (tertiary/aromatic N) is 1. The Morgan fingerprint density at radius 1 is 1.12 bits per heavy atom. The predicted octanol–water partition coefficient (Wildman–Crippen LogP) is 0.686. The number of hydrogen-bond acceptors (Lipinski definition) is 3. The Kier molecular flexibility index (Phi) is 2.11. The maximum atomic E-state index is 12.0. The van der Waals surface area contributed by atoms with Gasteiger partial charge in [0.1, 0.15) is 0 Å². The SMILES string of the molecule is O=C1C2CCCC2C(=O)N1CC1(O)CCC1. The number of likely N-dealkylation sites (tertiary alicyclic amines) is 1. The molecule has 3 fully saturated rings. The molecule has 0 aromatic carbocycles. The molecule has 2 amide bonds. The van der Waals surface area contributed by atoms with E-state index in [4.69, 9.17) is 0 Å². The van der Waals surface area contributed by atoms with Crippen molar-refractivity contribution in [1.82, 2.24) is 4.90 Å². The second-order valence-corrected chi connectivity index (χ2v) is 5.48. The van der Waals surface area contributed by atoms with Crippen LogP contribution in [0.15, 0.2) is 0 Å². The zero-order valence-corrected chi connectivity index (χ0v) is 9.32. The third-order valence-corrected chi connectivity index (χ3v) is 4.42. The summed E-state index contributed by atoms with van der Waals surface area (Å²) in [6.07, 6.45) is 5.14. The average Bonchev–Trinajstić information content (AvgIpc) is 2.76. The molecule has 0 radical (unpaired) electrons. The van der Waals surface area contributed by atoms with Gasteiger partial charge in [-0.2, -0.15) is 0 Å². The Bertz CT molecular complexity index is 326. The van der Waals surface area contributed by atoms with Gasteiger partial charge in [0.2, 0.25) is 11.8 Å². The van der Waals surface area contributed by atoms with E-state index in [2.05, 4.69) is 0 Å². The summed E-state index contributed by atoms with van der Waals surface area (Å²) in [5.41, 5.74) is -0.774. The predicted molar refractivity (Wildman–Crippen MR) is 56.4 cm³/mol. The third kappa shape index (κ3) is 1.32. The molecule has 0 aromatic heterocycles. The lowest BCUT2D eigenvalue weighted by atomic mass is 9.80. The van der Waals surface area contributed by atoms with Gasteiger partial charge in [0, 0.05) is 0 Å². The highest BCUT2D eigenvalue weighted by Gasteiger charge is 2.52. The molecule has 2 atom stereocenters. The van der Waals surface area contributed by atoms with E-state index in [0.717, 1.165) is 38.5 Å². The Balaban J connectivity index is 1.76. The van der Waals surface area contributed by atoms with Crippen molar-refractivity contribution < 1.29 is 14.7 Å². The van der Waals surface area contributed by atoms with Gasteiger partial charge >= 0.3 is 0 Å². The van der Waals surface area contributed by atoms with Crippen molar-refractivity contribution in [2.75, 3.05) is 6.54 Å². The van der Waals surface area contributed by atoms with E-state index in [1.807, 2.05) is 0 Å². The summed E-state index contributed by atoms with van der Waals surface area (Å²) in [6, 6.07) is 0. The molecule has 1 heterocycles. The summed E-state index contributed by atoms with van der Waals surface area (Å²) >= 11 is 0. The maximum Gasteiger partial charge on any atom is 0.233 e. The van der Waals surface area contributed by atoms with E-state index in [1.54, 1.807) is 0 Å². The molecular formula is C12H17NO3. The Morgan fingerprint density at radius 2 is 1.69 bits per heavy atom. The fourth-order valence-corrected chi connectivity index (χ4v) is 3.25. The molecule has 0 spiro atoms. The van der Waals surface area contributed by atoms with E-state index < -0.39 is 5.60 Å². The number of rotatable bonds is 2. The van der Waals surface area contributed by atoms with Crippen LogP contribution in [-0.2, 0) is 9.59 Å². The first-order valence-corrected chi connectivity index (χ1v) is 6.18. The van der Waals surface area contributed by atoms with E-state index >= 15 is 0 Å². The smallest absolute Gasteiger partial charge is 0.233 e. The van der Waals surface area contributed by atoms with Crippen molar-refractivity contribution in [3.05, 3.63) is 0 Å². The number of β-amino-alcohol motifs (C(OH)–C–C–N with tert-alkyl or cyclic N) is 1. The minimum atomic E-state index is -0.774. The lowest BCUT2D eigenvalue weighted by Crippen LogP contribution is -2.50. The first kappa shape index (κ1) is 10.3. The van der Waals surface area contributed by atoms with Crippen LogP contribution in [0.1, 0.15) is 38.5 Å². The molecule has 4 heteroatoms. The fourth-order valence-electron chi connectivity index (χ4n) is 3.25. The minimum Gasteiger partial charge on any atom is -0.388 e. The highest BCUT2D eigenvalue weighted by molar-refractivity contribution is 6.05. The lowest BCUT2D eigenvalue weighted by Gasteiger charge is -2.39. The molecule has 1 aliphatic heterocycles. The van der Waals surface area contributed by atoms with Gasteiger partial charge in [0.15, 0.2) is 0 Å². The van der Waals surface area contributed by atoms with E-state index in [9.17, 15) is 14.7 Å². The molecule has 4 nitrogen and oxygen atoms in total. The summed E-state index contributed by atoms with van der Waals surface area (Å²) in [5, 5.41) is 10.0. The van der Waals surface area contributed by atoms with Gasteiger partial charge in [0.25, 0.3) is 0 Å². The Labute approximate surface area is 94.6 Å². The van der Waals surface area contributed by atoms with Gasteiger partial charge < -0.3 is 5.11 Å². The maximum absolute atomic E-state index is 12.0. The number of hydrogen-bond donors (Lipinski definition) is 1. The normalized spacial score (nSPS) is 36.4. The van der Waals surface area contributed by atoms with Crippen LogP contribution in [-0.4, -0.2) is 34.0 Å². The molecule has 2 aliphatic carbocycles. The highest BCUT2D eigenvalue weighted by atomic mass is 16.3. The van der Waals surface area contributed by atoms with Crippen molar-refractivity contribution in [2.24, 2.45) is 11.8 Å². The monoisotopic (exact) mass is 223 g/mol. The largest absolute Gasteiger partial charge is 0.388 e. The van der Waals surface area contributed by atoms with Crippen LogP contribution in [0, 0.1) is 11.8 Å². The van der Waals surface area contributed by atoms with Gasteiger partial charge in [-0.25, -0.2) is 0 Å². The molecular weight excluding hydrogens is 206 g/mol. The molecule has 2 saturated carbocycles. The van der Waals surface area contributed by atoms with Gasteiger partial charge in [-0.15, -0.1) is 0 Å². The van der Waals surface area contributed by atoms with Crippen molar-refractivity contribution in [3.63, 3.8) is 0 Å². The second kappa shape index (κ2) is 3.29. The average molecular weight is 223 g/mol. The Morgan fingerprint density at radius 3 is 2.12 bits per heavy atom. The Hall–Kier alpha value is -0.900. The van der Waals surface area contributed by atoms with Crippen molar-refractivity contribution in [2.45, 2.75) is 44.1 Å². The summed E-state index contributed by atoms with van der Waals surface area (Å²) in [5.74, 6) is -0.215.